The van der Waals surface area contributed by atoms with Gasteiger partial charge in [0.1, 0.15) is 5.82 Å². The third-order valence-corrected chi connectivity index (χ3v) is 2.83. The summed E-state index contributed by atoms with van der Waals surface area (Å²) in [5.41, 5.74) is 3.51. The lowest BCUT2D eigenvalue weighted by Crippen LogP contribution is -2.11. The van der Waals surface area contributed by atoms with Gasteiger partial charge in [0.15, 0.2) is 5.82 Å². The average molecular weight is 312 g/mol. The number of aromatic nitrogens is 2. The number of rotatable bonds is 3. The van der Waals surface area contributed by atoms with Crippen molar-refractivity contribution in [3.63, 3.8) is 0 Å². The summed E-state index contributed by atoms with van der Waals surface area (Å²) >= 11 is 3.28. The Balaban J connectivity index is 2.33. The predicted molar refractivity (Wildman–Crippen MR) is 72.0 cm³/mol. The van der Waals surface area contributed by atoms with Gasteiger partial charge < -0.3 is 5.32 Å². The molecule has 0 aliphatic carbocycles. The summed E-state index contributed by atoms with van der Waals surface area (Å²) in [5, 5.41) is 2.87. The molecule has 2 rings (SSSR count). The molecule has 0 bridgehead atoms. The highest BCUT2D eigenvalue weighted by Crippen LogP contribution is 2.25. The van der Waals surface area contributed by atoms with Crippen LogP contribution in [0.4, 0.5) is 21.8 Å². The van der Waals surface area contributed by atoms with E-state index in [1.807, 2.05) is 13.0 Å². The van der Waals surface area contributed by atoms with Gasteiger partial charge in [0, 0.05) is 6.20 Å². The zero-order valence-electron chi connectivity index (χ0n) is 9.54. The Kier molecular flexibility index (Phi) is 3.73. The predicted octanol–water partition coefficient (Wildman–Crippen LogP) is 2.72. The second kappa shape index (κ2) is 5.28. The quantitative estimate of drug-likeness (QED) is 0.600. The van der Waals surface area contributed by atoms with Crippen LogP contribution < -0.4 is 16.6 Å². The van der Waals surface area contributed by atoms with Crippen molar-refractivity contribution in [2.75, 3.05) is 10.7 Å². The number of hydrogen-bond donors (Lipinski definition) is 3. The number of nitrogens with zero attached hydrogens (tertiary/aromatic N) is 2. The summed E-state index contributed by atoms with van der Waals surface area (Å²) in [6.07, 6.45) is 1.52. The van der Waals surface area contributed by atoms with E-state index in [1.54, 1.807) is 6.07 Å². The summed E-state index contributed by atoms with van der Waals surface area (Å²) in [6.45, 7) is 1.82. The van der Waals surface area contributed by atoms with E-state index in [-0.39, 0.29) is 11.8 Å². The van der Waals surface area contributed by atoms with Gasteiger partial charge in [-0.25, -0.2) is 15.2 Å². The molecule has 0 atom stereocenters. The molecule has 0 radical (unpaired) electrons. The molecule has 0 unspecified atom stereocenters. The molecule has 5 nitrogen and oxygen atoms in total. The fourth-order valence-electron chi connectivity index (χ4n) is 1.37. The standard InChI is InChI=1S/C11H11BrFN5/c1-6-2-3-9(8(13)4-6)16-10-7(12)5-15-11(17-10)18-14/h2-5H,14H2,1H3,(H2,15,16,17,18). The van der Waals surface area contributed by atoms with Crippen molar-refractivity contribution in [1.29, 1.82) is 0 Å². The van der Waals surface area contributed by atoms with Crippen molar-refractivity contribution in [2.45, 2.75) is 6.92 Å². The fourth-order valence-corrected chi connectivity index (χ4v) is 1.66. The Hall–Kier alpha value is -1.73. The highest BCUT2D eigenvalue weighted by atomic mass is 79.9. The first-order valence-electron chi connectivity index (χ1n) is 5.12. The van der Waals surface area contributed by atoms with Gasteiger partial charge in [-0.2, -0.15) is 4.98 Å². The molecule has 1 aromatic carbocycles. The van der Waals surface area contributed by atoms with Crippen molar-refractivity contribution >= 4 is 33.4 Å². The zero-order valence-corrected chi connectivity index (χ0v) is 11.1. The number of aryl methyl sites for hydroxylation is 1. The van der Waals surface area contributed by atoms with Crippen molar-refractivity contribution in [2.24, 2.45) is 5.84 Å². The van der Waals surface area contributed by atoms with Crippen LogP contribution in [-0.2, 0) is 0 Å². The number of hydrazine groups is 1. The van der Waals surface area contributed by atoms with E-state index in [9.17, 15) is 4.39 Å². The number of benzene rings is 1. The molecule has 0 aliphatic heterocycles. The van der Waals surface area contributed by atoms with Gasteiger partial charge in [-0.1, -0.05) is 6.07 Å². The Morgan fingerprint density at radius 2 is 2.17 bits per heavy atom. The molecule has 4 N–H and O–H groups in total. The fraction of sp³-hybridized carbons (Fsp3) is 0.0909. The zero-order chi connectivity index (χ0) is 13.1. The third kappa shape index (κ3) is 2.74. The molecule has 0 amide bonds. The summed E-state index contributed by atoms with van der Waals surface area (Å²) in [4.78, 5) is 7.99. The van der Waals surface area contributed by atoms with E-state index in [0.29, 0.717) is 16.0 Å². The highest BCUT2D eigenvalue weighted by molar-refractivity contribution is 9.10. The molecule has 94 valence electrons. The van der Waals surface area contributed by atoms with E-state index >= 15 is 0 Å². The minimum atomic E-state index is -0.345. The van der Waals surface area contributed by atoms with Gasteiger partial charge in [-0.05, 0) is 40.5 Å². The van der Waals surface area contributed by atoms with Crippen molar-refractivity contribution in [3.05, 3.63) is 40.2 Å². The maximum absolute atomic E-state index is 13.7. The first-order chi connectivity index (χ1) is 8.60. The Bertz CT molecular complexity index is 575. The van der Waals surface area contributed by atoms with Crippen molar-refractivity contribution < 1.29 is 4.39 Å². The van der Waals surface area contributed by atoms with Crippen LogP contribution in [0.5, 0.6) is 0 Å². The minimum Gasteiger partial charge on any atom is -0.337 e. The largest absolute Gasteiger partial charge is 0.337 e. The molecule has 7 heteroatoms. The molecule has 2 aromatic rings. The summed E-state index contributed by atoms with van der Waals surface area (Å²) in [6, 6.07) is 4.90. The van der Waals surface area contributed by atoms with Crippen LogP contribution in [0.15, 0.2) is 28.9 Å². The SMILES string of the molecule is Cc1ccc(Nc2nc(NN)ncc2Br)c(F)c1. The van der Waals surface area contributed by atoms with Crippen LogP contribution in [-0.4, -0.2) is 9.97 Å². The normalized spacial score (nSPS) is 10.2. The average Bonchev–Trinajstić information content (AvgIpc) is 2.35. The lowest BCUT2D eigenvalue weighted by atomic mass is 10.2. The molecule has 0 aliphatic rings. The van der Waals surface area contributed by atoms with Crippen molar-refractivity contribution in [3.8, 4) is 0 Å². The van der Waals surface area contributed by atoms with E-state index in [4.69, 9.17) is 5.84 Å². The molecule has 0 saturated heterocycles. The second-order valence-corrected chi connectivity index (χ2v) is 4.50. The van der Waals surface area contributed by atoms with Crippen LogP contribution in [0.25, 0.3) is 0 Å². The maximum Gasteiger partial charge on any atom is 0.239 e. The Labute approximate surface area is 112 Å². The Morgan fingerprint density at radius 3 is 2.83 bits per heavy atom. The van der Waals surface area contributed by atoms with Gasteiger partial charge in [-0.15, -0.1) is 0 Å². The summed E-state index contributed by atoms with van der Waals surface area (Å²) in [7, 11) is 0. The van der Waals surface area contributed by atoms with Gasteiger partial charge in [0.05, 0.1) is 10.2 Å². The van der Waals surface area contributed by atoms with E-state index in [2.05, 4.69) is 36.6 Å². The van der Waals surface area contributed by atoms with Gasteiger partial charge in [0.25, 0.3) is 0 Å². The number of hydrogen-bond acceptors (Lipinski definition) is 5. The molecule has 0 fully saturated rings. The lowest BCUT2D eigenvalue weighted by Gasteiger charge is -2.09. The minimum absolute atomic E-state index is 0.244. The topological polar surface area (TPSA) is 75.9 Å². The van der Waals surface area contributed by atoms with Crippen LogP contribution >= 0.6 is 15.9 Å². The van der Waals surface area contributed by atoms with E-state index in [1.165, 1.54) is 12.3 Å². The molecular formula is C11H11BrFN5. The molecular weight excluding hydrogens is 301 g/mol. The molecule has 0 saturated carbocycles. The smallest absolute Gasteiger partial charge is 0.239 e. The van der Waals surface area contributed by atoms with Gasteiger partial charge >= 0.3 is 0 Å². The molecule has 1 heterocycles. The summed E-state index contributed by atoms with van der Waals surface area (Å²) < 4.78 is 14.3. The van der Waals surface area contributed by atoms with Crippen LogP contribution in [0.3, 0.4) is 0 Å². The first-order valence-corrected chi connectivity index (χ1v) is 5.92. The third-order valence-electron chi connectivity index (χ3n) is 2.25. The second-order valence-electron chi connectivity index (χ2n) is 3.64. The van der Waals surface area contributed by atoms with Crippen LogP contribution in [0.2, 0.25) is 0 Å². The molecule has 18 heavy (non-hydrogen) atoms. The van der Waals surface area contributed by atoms with Gasteiger partial charge in [0.2, 0.25) is 5.95 Å². The number of nitrogens with two attached hydrogens (primary N) is 1. The van der Waals surface area contributed by atoms with E-state index in [0.717, 1.165) is 5.56 Å². The van der Waals surface area contributed by atoms with Crippen molar-refractivity contribution in [1.82, 2.24) is 9.97 Å². The maximum atomic E-state index is 13.7. The number of nitrogen functional groups attached to an aromatic ring is 1. The Morgan fingerprint density at radius 1 is 1.39 bits per heavy atom. The monoisotopic (exact) mass is 311 g/mol. The van der Waals surface area contributed by atoms with Crippen LogP contribution in [0, 0.1) is 12.7 Å². The summed E-state index contributed by atoms with van der Waals surface area (Å²) in [5.74, 6) is 5.55. The van der Waals surface area contributed by atoms with Crippen LogP contribution in [0.1, 0.15) is 5.56 Å². The number of nitrogens with one attached hydrogen (secondary N) is 2. The van der Waals surface area contributed by atoms with Gasteiger partial charge in [-0.3, -0.25) is 5.43 Å². The number of anilines is 3. The highest BCUT2D eigenvalue weighted by Gasteiger charge is 2.08. The first kappa shape index (κ1) is 12.7. The molecule has 1 aromatic heterocycles. The van der Waals surface area contributed by atoms with E-state index < -0.39 is 0 Å². The lowest BCUT2D eigenvalue weighted by molar-refractivity contribution is 0.630. The number of halogens is 2. The molecule has 0 spiro atoms.